The quantitative estimate of drug-likeness (QED) is 0.314. The standard InChI is InChI=1S/C30H39N5O6S/c1-42(39,40)18-4-17-41-26-7-2-6-25-24(26)13-16-35(25)27-12-14-31-30(33-27)32-23-10-8-21(9-11-23)19-28(36)34-15-3-5-22(20-34)29(37)38/h2,6-7,12-14,16,21-23H,3-5,8-11,15,17-20H2,1H3,(H,37,38)(H,31,32,33)/t21?,22-,23?/m0/s1. The van der Waals surface area contributed by atoms with E-state index < -0.39 is 21.7 Å². The van der Waals surface area contributed by atoms with Gasteiger partial charge in [0, 0.05) is 49.6 Å². The van der Waals surface area contributed by atoms with E-state index in [0.717, 1.165) is 48.8 Å². The van der Waals surface area contributed by atoms with E-state index in [1.165, 1.54) is 6.26 Å². The molecule has 226 valence electrons. The van der Waals surface area contributed by atoms with E-state index in [1.54, 1.807) is 11.1 Å². The van der Waals surface area contributed by atoms with E-state index in [2.05, 4.69) is 10.3 Å². The Labute approximate surface area is 246 Å². The molecule has 1 aliphatic carbocycles. The van der Waals surface area contributed by atoms with Gasteiger partial charge in [-0.2, -0.15) is 4.98 Å². The Kier molecular flexibility index (Phi) is 9.30. The number of hydrogen-bond donors (Lipinski definition) is 2. The van der Waals surface area contributed by atoms with Gasteiger partial charge in [-0.1, -0.05) is 6.07 Å². The average Bonchev–Trinajstić information content (AvgIpc) is 3.41. The van der Waals surface area contributed by atoms with E-state index in [9.17, 15) is 23.1 Å². The van der Waals surface area contributed by atoms with Gasteiger partial charge in [-0.15, -0.1) is 0 Å². The maximum absolute atomic E-state index is 12.8. The number of amides is 1. The first-order chi connectivity index (χ1) is 20.2. The Bertz CT molecular complexity index is 1520. The average molecular weight is 598 g/mol. The molecule has 2 N–H and O–H groups in total. The molecule has 42 heavy (non-hydrogen) atoms. The Hall–Kier alpha value is -3.67. The van der Waals surface area contributed by atoms with Crippen molar-refractivity contribution in [2.45, 2.75) is 57.4 Å². The number of ether oxygens (including phenoxy) is 1. The Morgan fingerprint density at radius 3 is 2.69 bits per heavy atom. The molecule has 1 amide bonds. The molecule has 5 rings (SSSR count). The van der Waals surface area contributed by atoms with Crippen molar-refractivity contribution >= 4 is 38.6 Å². The number of fused-ring (bicyclic) bond motifs is 1. The van der Waals surface area contributed by atoms with Crippen molar-refractivity contribution in [3.05, 3.63) is 42.7 Å². The zero-order chi connectivity index (χ0) is 29.7. The van der Waals surface area contributed by atoms with Crippen LogP contribution in [0.3, 0.4) is 0 Å². The fourth-order valence-corrected chi connectivity index (χ4v) is 6.64. The summed E-state index contributed by atoms with van der Waals surface area (Å²) in [6.45, 7) is 1.30. The minimum atomic E-state index is -3.02. The first-order valence-corrected chi connectivity index (χ1v) is 16.7. The number of piperidine rings is 1. The molecule has 1 aliphatic heterocycles. The molecule has 2 aromatic heterocycles. The molecule has 12 heteroatoms. The molecule has 1 aromatic carbocycles. The fraction of sp³-hybridized carbons (Fsp3) is 0.533. The number of aromatic nitrogens is 3. The van der Waals surface area contributed by atoms with Gasteiger partial charge in [0.1, 0.15) is 21.4 Å². The molecular formula is C30H39N5O6S. The highest BCUT2D eigenvalue weighted by Crippen LogP contribution is 2.31. The van der Waals surface area contributed by atoms with Crippen molar-refractivity contribution in [1.82, 2.24) is 19.4 Å². The molecule has 3 heterocycles. The van der Waals surface area contributed by atoms with Crippen LogP contribution in [0.1, 0.15) is 51.4 Å². The minimum Gasteiger partial charge on any atom is -0.493 e. The van der Waals surface area contributed by atoms with Crippen LogP contribution in [0.25, 0.3) is 16.7 Å². The van der Waals surface area contributed by atoms with Crippen molar-refractivity contribution < 1.29 is 27.9 Å². The molecule has 0 spiro atoms. The van der Waals surface area contributed by atoms with Crippen LogP contribution in [0.2, 0.25) is 0 Å². The number of rotatable bonds is 11. The van der Waals surface area contributed by atoms with Gasteiger partial charge in [-0.05, 0) is 75.1 Å². The number of carbonyl (C=O) groups excluding carboxylic acids is 1. The summed E-state index contributed by atoms with van der Waals surface area (Å²) in [5.41, 5.74) is 0.925. The van der Waals surface area contributed by atoms with Gasteiger partial charge in [0.25, 0.3) is 0 Å². The zero-order valence-electron chi connectivity index (χ0n) is 23.9. The predicted molar refractivity (Wildman–Crippen MR) is 160 cm³/mol. The number of benzene rings is 1. The lowest BCUT2D eigenvalue weighted by atomic mass is 9.83. The first kappa shape index (κ1) is 29.8. The number of nitrogens with zero attached hydrogens (tertiary/aromatic N) is 4. The molecule has 2 aliphatic rings. The number of sulfone groups is 1. The second-order valence-electron chi connectivity index (χ2n) is 11.5. The third kappa shape index (κ3) is 7.58. The third-order valence-electron chi connectivity index (χ3n) is 8.26. The zero-order valence-corrected chi connectivity index (χ0v) is 24.8. The van der Waals surface area contributed by atoms with E-state index in [-0.39, 0.29) is 17.7 Å². The Balaban J connectivity index is 1.15. The summed E-state index contributed by atoms with van der Waals surface area (Å²) in [6, 6.07) is 9.80. The molecule has 0 bridgehead atoms. The number of nitrogens with one attached hydrogen (secondary N) is 1. The molecule has 0 radical (unpaired) electrons. The van der Waals surface area contributed by atoms with Crippen LogP contribution in [-0.4, -0.2) is 82.6 Å². The smallest absolute Gasteiger partial charge is 0.308 e. The minimum absolute atomic E-state index is 0.0785. The summed E-state index contributed by atoms with van der Waals surface area (Å²) in [5, 5.41) is 13.7. The monoisotopic (exact) mass is 597 g/mol. The molecule has 1 atom stereocenters. The lowest BCUT2D eigenvalue weighted by Gasteiger charge is -2.33. The summed E-state index contributed by atoms with van der Waals surface area (Å²) < 4.78 is 30.7. The van der Waals surface area contributed by atoms with Crippen molar-refractivity contribution in [3.8, 4) is 11.6 Å². The highest BCUT2D eigenvalue weighted by atomic mass is 32.2. The summed E-state index contributed by atoms with van der Waals surface area (Å²) in [4.78, 5) is 35.1. The lowest BCUT2D eigenvalue weighted by Crippen LogP contribution is -2.43. The number of aliphatic carboxylic acids is 1. The SMILES string of the molecule is CS(=O)(=O)CCCOc1cccc2c1ccn2-c1ccnc(NC2CCC(CC(=O)N3CCC[C@H](C(=O)O)C3)CC2)n1. The van der Waals surface area contributed by atoms with Crippen LogP contribution in [0.4, 0.5) is 5.95 Å². The fourth-order valence-electron chi connectivity index (χ4n) is 6.00. The molecule has 3 aromatic rings. The highest BCUT2D eigenvalue weighted by Gasteiger charge is 2.30. The largest absolute Gasteiger partial charge is 0.493 e. The van der Waals surface area contributed by atoms with Crippen LogP contribution in [0.15, 0.2) is 42.7 Å². The van der Waals surface area contributed by atoms with E-state index in [0.29, 0.717) is 56.6 Å². The summed E-state index contributed by atoms with van der Waals surface area (Å²) >= 11 is 0. The molecule has 11 nitrogen and oxygen atoms in total. The summed E-state index contributed by atoms with van der Waals surface area (Å²) in [7, 11) is -3.02. The number of carboxylic acid groups (broad SMARTS) is 1. The first-order valence-electron chi connectivity index (χ1n) is 14.7. The topological polar surface area (TPSA) is 144 Å². The van der Waals surface area contributed by atoms with Gasteiger partial charge in [0.05, 0.1) is 23.8 Å². The predicted octanol–water partition coefficient (Wildman–Crippen LogP) is 3.92. The van der Waals surface area contributed by atoms with Crippen LogP contribution < -0.4 is 10.1 Å². The Morgan fingerprint density at radius 2 is 1.93 bits per heavy atom. The number of likely N-dealkylation sites (tertiary alicyclic amines) is 1. The lowest BCUT2D eigenvalue weighted by molar-refractivity contribution is -0.146. The number of carbonyl (C=O) groups is 2. The molecule has 2 fully saturated rings. The van der Waals surface area contributed by atoms with E-state index >= 15 is 0 Å². The van der Waals surface area contributed by atoms with Crippen molar-refractivity contribution in [2.75, 3.05) is 37.0 Å². The van der Waals surface area contributed by atoms with Gasteiger partial charge in [-0.3, -0.25) is 9.59 Å². The van der Waals surface area contributed by atoms with E-state index in [4.69, 9.17) is 9.72 Å². The summed E-state index contributed by atoms with van der Waals surface area (Å²) in [6.07, 6.45) is 10.9. The van der Waals surface area contributed by atoms with Crippen LogP contribution in [0.5, 0.6) is 5.75 Å². The molecular weight excluding hydrogens is 558 g/mol. The second-order valence-corrected chi connectivity index (χ2v) is 13.8. The number of hydrogen-bond acceptors (Lipinski definition) is 8. The van der Waals surface area contributed by atoms with Crippen molar-refractivity contribution in [3.63, 3.8) is 0 Å². The highest BCUT2D eigenvalue weighted by molar-refractivity contribution is 7.90. The van der Waals surface area contributed by atoms with Crippen molar-refractivity contribution in [2.24, 2.45) is 11.8 Å². The third-order valence-corrected chi connectivity index (χ3v) is 9.29. The Morgan fingerprint density at radius 1 is 1.12 bits per heavy atom. The molecule has 1 saturated carbocycles. The maximum atomic E-state index is 12.8. The van der Waals surface area contributed by atoms with Crippen molar-refractivity contribution in [1.29, 1.82) is 0 Å². The van der Waals surface area contributed by atoms with Gasteiger partial charge < -0.3 is 24.6 Å². The maximum Gasteiger partial charge on any atom is 0.308 e. The van der Waals surface area contributed by atoms with Crippen LogP contribution in [-0.2, 0) is 19.4 Å². The van der Waals surface area contributed by atoms with Gasteiger partial charge in [0.15, 0.2) is 0 Å². The van der Waals surface area contributed by atoms with E-state index in [1.807, 2.05) is 41.1 Å². The second kappa shape index (κ2) is 13.1. The molecule has 1 saturated heterocycles. The normalized spacial score (nSPS) is 21.3. The number of carboxylic acids is 1. The van der Waals surface area contributed by atoms with Crippen LogP contribution >= 0.6 is 0 Å². The van der Waals surface area contributed by atoms with Gasteiger partial charge in [-0.25, -0.2) is 13.4 Å². The van der Waals surface area contributed by atoms with Gasteiger partial charge >= 0.3 is 5.97 Å². The van der Waals surface area contributed by atoms with Gasteiger partial charge in [0.2, 0.25) is 11.9 Å². The molecule has 0 unspecified atom stereocenters. The summed E-state index contributed by atoms with van der Waals surface area (Å²) in [5.74, 6) is 1.19. The number of anilines is 1. The van der Waals surface area contributed by atoms with Crippen LogP contribution in [0, 0.1) is 11.8 Å².